The molecule has 1 aromatic rings. The lowest BCUT2D eigenvalue weighted by Gasteiger charge is -2.29. The van der Waals surface area contributed by atoms with Gasteiger partial charge in [0.1, 0.15) is 0 Å². The lowest BCUT2D eigenvalue weighted by atomic mass is 9.80. The molecule has 2 rings (SSSR count). The van der Waals surface area contributed by atoms with E-state index in [0.29, 0.717) is 0 Å². The van der Waals surface area contributed by atoms with Crippen LogP contribution in [0, 0.1) is 12.3 Å². The Kier molecular flexibility index (Phi) is 5.22. The molecule has 21 heavy (non-hydrogen) atoms. The van der Waals surface area contributed by atoms with Crippen molar-refractivity contribution in [3.63, 3.8) is 0 Å². The van der Waals surface area contributed by atoms with E-state index >= 15 is 0 Å². The summed E-state index contributed by atoms with van der Waals surface area (Å²) in [6, 6.07) is 6.79. The molecule has 0 aromatic heterocycles. The second kappa shape index (κ2) is 6.75. The van der Waals surface area contributed by atoms with Gasteiger partial charge in [-0.05, 0) is 56.6 Å². The fourth-order valence-corrected chi connectivity index (χ4v) is 3.62. The molecule has 3 nitrogen and oxygen atoms in total. The van der Waals surface area contributed by atoms with Crippen molar-refractivity contribution in [2.75, 3.05) is 6.61 Å². The largest absolute Gasteiger partial charge is 0.296 e. The van der Waals surface area contributed by atoms with Gasteiger partial charge in [0.15, 0.2) is 0 Å². The van der Waals surface area contributed by atoms with Gasteiger partial charge in [-0.15, -0.1) is 0 Å². The number of benzene rings is 1. The van der Waals surface area contributed by atoms with Crippen LogP contribution in [0.25, 0.3) is 0 Å². The quantitative estimate of drug-likeness (QED) is 0.617. The first-order valence-corrected chi connectivity index (χ1v) is 8.93. The number of aryl methyl sites for hydroxylation is 1. The third kappa shape index (κ3) is 4.68. The average molecular weight is 308 g/mol. The van der Waals surface area contributed by atoms with Crippen molar-refractivity contribution in [3.05, 3.63) is 42.0 Å². The molecule has 1 aliphatic rings. The van der Waals surface area contributed by atoms with Crippen LogP contribution >= 0.6 is 0 Å². The van der Waals surface area contributed by atoms with Crippen molar-refractivity contribution in [1.82, 2.24) is 0 Å². The Morgan fingerprint density at radius 2 is 1.76 bits per heavy atom. The molecule has 0 radical (unpaired) electrons. The van der Waals surface area contributed by atoms with Crippen LogP contribution < -0.4 is 0 Å². The van der Waals surface area contributed by atoms with E-state index in [1.807, 2.05) is 6.92 Å². The second-order valence-corrected chi connectivity index (χ2v) is 7.86. The maximum atomic E-state index is 12.2. The highest BCUT2D eigenvalue weighted by molar-refractivity contribution is 7.86. The normalized spacial score (nSPS) is 25.0. The van der Waals surface area contributed by atoms with E-state index in [-0.39, 0.29) is 16.9 Å². The first-order valence-electron chi connectivity index (χ1n) is 7.52. The molecule has 1 aliphatic carbocycles. The first-order chi connectivity index (χ1) is 9.91. The monoisotopic (exact) mass is 308 g/mol. The van der Waals surface area contributed by atoms with Gasteiger partial charge < -0.3 is 0 Å². The highest BCUT2D eigenvalue weighted by Gasteiger charge is 2.27. The molecule has 0 spiro atoms. The number of hydrogen-bond donors (Lipinski definition) is 0. The summed E-state index contributed by atoms with van der Waals surface area (Å²) in [5.41, 5.74) is 0.968. The summed E-state index contributed by atoms with van der Waals surface area (Å²) in [4.78, 5) is 0.238. The van der Waals surface area contributed by atoms with Crippen LogP contribution in [0.4, 0.5) is 0 Å². The summed E-state index contributed by atoms with van der Waals surface area (Å²) in [6.45, 7) is 4.31. The van der Waals surface area contributed by atoms with Gasteiger partial charge in [-0.25, -0.2) is 0 Å². The van der Waals surface area contributed by atoms with E-state index in [1.54, 1.807) is 24.3 Å². The lowest BCUT2D eigenvalue weighted by Crippen LogP contribution is -2.26. The van der Waals surface area contributed by atoms with E-state index in [4.69, 9.17) is 4.18 Å². The fourth-order valence-electron chi connectivity index (χ4n) is 2.58. The van der Waals surface area contributed by atoms with Crippen molar-refractivity contribution < 1.29 is 12.6 Å². The Hall–Kier alpha value is -1.13. The maximum absolute atomic E-state index is 12.2. The molecule has 0 amide bonds. The van der Waals surface area contributed by atoms with Gasteiger partial charge in [0.25, 0.3) is 10.1 Å². The molecule has 0 saturated heterocycles. The Balaban J connectivity index is 2.03. The van der Waals surface area contributed by atoms with Gasteiger partial charge >= 0.3 is 0 Å². The van der Waals surface area contributed by atoms with E-state index in [9.17, 15) is 8.42 Å². The molecule has 0 N–H and O–H groups in total. The molecule has 0 bridgehead atoms. The zero-order valence-electron chi connectivity index (χ0n) is 12.8. The number of rotatable bonds is 4. The summed E-state index contributed by atoms with van der Waals surface area (Å²) >= 11 is 0. The van der Waals surface area contributed by atoms with Gasteiger partial charge in [0, 0.05) is 0 Å². The predicted octanol–water partition coefficient (Wildman–Crippen LogP) is 4.23. The van der Waals surface area contributed by atoms with Crippen molar-refractivity contribution in [2.24, 2.45) is 5.41 Å². The van der Waals surface area contributed by atoms with Crippen molar-refractivity contribution >= 4 is 10.1 Å². The van der Waals surface area contributed by atoms with Crippen LogP contribution in [0.1, 0.15) is 44.6 Å². The van der Waals surface area contributed by atoms with E-state index < -0.39 is 10.1 Å². The molecule has 116 valence electrons. The standard InChI is InChI=1S/C17H24O3S/c1-15-8-10-16(11-9-15)21(18,19)20-14-17(2)12-6-4-3-5-7-13-17/h3-4,8-11H,5-7,12-14H2,1-2H3/b4-3-. The summed E-state index contributed by atoms with van der Waals surface area (Å²) in [6.07, 6.45) is 9.51. The van der Waals surface area contributed by atoms with Gasteiger partial charge in [-0.1, -0.05) is 36.8 Å². The smallest absolute Gasteiger partial charge is 0.266 e. The van der Waals surface area contributed by atoms with Gasteiger partial charge in [0.2, 0.25) is 0 Å². The Morgan fingerprint density at radius 3 is 2.48 bits per heavy atom. The Morgan fingerprint density at radius 1 is 1.10 bits per heavy atom. The van der Waals surface area contributed by atoms with E-state index in [1.165, 1.54) is 0 Å². The first kappa shape index (κ1) is 16.2. The van der Waals surface area contributed by atoms with Crippen LogP contribution in [0.5, 0.6) is 0 Å². The van der Waals surface area contributed by atoms with Crippen LogP contribution in [0.3, 0.4) is 0 Å². The van der Waals surface area contributed by atoms with Gasteiger partial charge in [-0.2, -0.15) is 8.42 Å². The molecule has 1 unspecified atom stereocenters. The third-order valence-corrected chi connectivity index (χ3v) is 5.38. The predicted molar refractivity (Wildman–Crippen MR) is 84.6 cm³/mol. The van der Waals surface area contributed by atoms with Crippen LogP contribution in [-0.4, -0.2) is 15.0 Å². The van der Waals surface area contributed by atoms with Crippen molar-refractivity contribution in [3.8, 4) is 0 Å². The Bertz CT molecular complexity index is 587. The highest BCUT2D eigenvalue weighted by Crippen LogP contribution is 2.33. The summed E-state index contributed by atoms with van der Waals surface area (Å²) < 4.78 is 29.8. The topological polar surface area (TPSA) is 43.4 Å². The minimum absolute atomic E-state index is 0.0669. The molecule has 0 fully saturated rings. The summed E-state index contributed by atoms with van der Waals surface area (Å²) in [5, 5.41) is 0. The van der Waals surface area contributed by atoms with Crippen molar-refractivity contribution in [2.45, 2.75) is 50.8 Å². The molecule has 1 aromatic carbocycles. The molecule has 1 atom stereocenters. The minimum Gasteiger partial charge on any atom is -0.266 e. The van der Waals surface area contributed by atoms with E-state index in [2.05, 4.69) is 19.1 Å². The van der Waals surface area contributed by atoms with E-state index in [0.717, 1.165) is 37.7 Å². The van der Waals surface area contributed by atoms with Gasteiger partial charge in [0.05, 0.1) is 11.5 Å². The summed E-state index contributed by atoms with van der Waals surface area (Å²) in [5.74, 6) is 0. The minimum atomic E-state index is -3.65. The van der Waals surface area contributed by atoms with Crippen LogP contribution in [0.2, 0.25) is 0 Å². The molecular weight excluding hydrogens is 284 g/mol. The molecular formula is C17H24O3S. The highest BCUT2D eigenvalue weighted by atomic mass is 32.2. The number of allylic oxidation sites excluding steroid dienone is 2. The molecule has 0 aliphatic heterocycles. The molecule has 0 saturated carbocycles. The molecule has 0 heterocycles. The summed E-state index contributed by atoms with van der Waals surface area (Å²) in [7, 11) is -3.65. The SMILES string of the molecule is Cc1ccc(S(=O)(=O)OCC2(C)CC/C=C\CCC2)cc1. The van der Waals surface area contributed by atoms with Gasteiger partial charge in [-0.3, -0.25) is 4.18 Å². The lowest BCUT2D eigenvalue weighted by molar-refractivity contribution is 0.143. The second-order valence-electron chi connectivity index (χ2n) is 6.24. The average Bonchev–Trinajstić information content (AvgIpc) is 2.42. The maximum Gasteiger partial charge on any atom is 0.296 e. The fraction of sp³-hybridized carbons (Fsp3) is 0.529. The Labute approximate surface area is 128 Å². The third-order valence-electron chi connectivity index (χ3n) is 4.10. The van der Waals surface area contributed by atoms with Crippen LogP contribution in [-0.2, 0) is 14.3 Å². The molecule has 4 heteroatoms. The van der Waals surface area contributed by atoms with Crippen molar-refractivity contribution in [1.29, 1.82) is 0 Å². The zero-order chi connectivity index (χ0) is 15.3. The zero-order valence-corrected chi connectivity index (χ0v) is 13.7. The van der Waals surface area contributed by atoms with Crippen LogP contribution in [0.15, 0.2) is 41.3 Å². The number of hydrogen-bond acceptors (Lipinski definition) is 3.